The first-order valence-corrected chi connectivity index (χ1v) is 7.69. The maximum absolute atomic E-state index is 13.1. The van der Waals surface area contributed by atoms with Crippen LogP contribution in [0.15, 0.2) is 60.7 Å². The van der Waals surface area contributed by atoms with Crippen LogP contribution in [0.4, 0.5) is 14.9 Å². The van der Waals surface area contributed by atoms with E-state index in [1.54, 1.807) is 13.0 Å². The Morgan fingerprint density at radius 1 is 1.04 bits per heavy atom. The van der Waals surface area contributed by atoms with Gasteiger partial charge in [-0.3, -0.25) is 14.6 Å². The number of benzene rings is 2. The summed E-state index contributed by atoms with van der Waals surface area (Å²) in [6, 6.07) is 14.2. The molecule has 3 amide bonds. The third-order valence-corrected chi connectivity index (χ3v) is 3.95. The van der Waals surface area contributed by atoms with E-state index >= 15 is 0 Å². The number of hydrogen-bond donors (Lipinski definition) is 0. The highest BCUT2D eigenvalue weighted by Gasteiger charge is 2.42. The van der Waals surface area contributed by atoms with Gasteiger partial charge in [-0.05, 0) is 36.8 Å². The molecule has 24 heavy (non-hydrogen) atoms. The lowest BCUT2D eigenvalue weighted by atomic mass is 10.2. The summed E-state index contributed by atoms with van der Waals surface area (Å²) < 4.78 is 13.1. The van der Waals surface area contributed by atoms with Crippen molar-refractivity contribution >= 4 is 23.7 Å². The summed E-state index contributed by atoms with van der Waals surface area (Å²) in [7, 11) is 0. The van der Waals surface area contributed by atoms with E-state index in [-0.39, 0.29) is 18.3 Å². The molecular weight excluding hydrogens is 307 g/mol. The summed E-state index contributed by atoms with van der Waals surface area (Å²) in [5, 5.41) is 0. The van der Waals surface area contributed by atoms with Crippen LogP contribution in [0, 0.1) is 5.82 Å². The quantitative estimate of drug-likeness (QED) is 0.805. The molecule has 1 atom stereocenters. The van der Waals surface area contributed by atoms with Crippen LogP contribution < -0.4 is 4.90 Å². The number of rotatable bonds is 4. The van der Waals surface area contributed by atoms with Gasteiger partial charge in [-0.1, -0.05) is 42.5 Å². The van der Waals surface area contributed by atoms with Gasteiger partial charge in [-0.25, -0.2) is 9.18 Å². The van der Waals surface area contributed by atoms with Gasteiger partial charge in [-0.2, -0.15) is 0 Å². The van der Waals surface area contributed by atoms with Crippen molar-refractivity contribution in [3.05, 3.63) is 72.1 Å². The molecule has 4 nitrogen and oxygen atoms in total. The van der Waals surface area contributed by atoms with Crippen LogP contribution in [-0.2, 0) is 4.79 Å². The van der Waals surface area contributed by atoms with Crippen LogP contribution in [0.5, 0.6) is 0 Å². The van der Waals surface area contributed by atoms with Crippen molar-refractivity contribution in [3.8, 4) is 0 Å². The number of imide groups is 1. The first-order valence-electron chi connectivity index (χ1n) is 7.69. The number of hydrogen-bond acceptors (Lipinski definition) is 2. The Morgan fingerprint density at radius 3 is 2.38 bits per heavy atom. The fraction of sp³-hybridized carbons (Fsp3) is 0.158. The van der Waals surface area contributed by atoms with Crippen LogP contribution in [-0.4, -0.2) is 29.4 Å². The lowest BCUT2D eigenvalue weighted by molar-refractivity contribution is -0.126. The molecule has 0 saturated carbocycles. The molecule has 3 rings (SSSR count). The van der Waals surface area contributed by atoms with Gasteiger partial charge in [0.15, 0.2) is 0 Å². The van der Waals surface area contributed by atoms with Crippen LogP contribution >= 0.6 is 0 Å². The monoisotopic (exact) mass is 324 g/mol. The van der Waals surface area contributed by atoms with Crippen molar-refractivity contribution in [2.24, 2.45) is 0 Å². The van der Waals surface area contributed by atoms with Gasteiger partial charge in [0.1, 0.15) is 11.9 Å². The van der Waals surface area contributed by atoms with Crippen LogP contribution in [0.1, 0.15) is 12.5 Å². The highest BCUT2D eigenvalue weighted by atomic mass is 19.1. The Balaban J connectivity index is 1.75. The van der Waals surface area contributed by atoms with Crippen molar-refractivity contribution in [2.75, 3.05) is 11.4 Å². The van der Waals surface area contributed by atoms with Crippen molar-refractivity contribution in [2.45, 2.75) is 13.0 Å². The second kappa shape index (κ2) is 6.66. The average molecular weight is 324 g/mol. The zero-order chi connectivity index (χ0) is 17.1. The normalized spacial score (nSPS) is 18.0. The Labute approximate surface area is 139 Å². The number of amides is 3. The summed E-state index contributed by atoms with van der Waals surface area (Å²) in [5.74, 6) is -0.644. The summed E-state index contributed by atoms with van der Waals surface area (Å²) in [5.41, 5.74) is 1.51. The molecule has 0 bridgehead atoms. The van der Waals surface area contributed by atoms with E-state index < -0.39 is 12.1 Å². The van der Waals surface area contributed by atoms with E-state index in [4.69, 9.17) is 0 Å². The van der Waals surface area contributed by atoms with Crippen LogP contribution in [0.3, 0.4) is 0 Å². The number of carbonyl (C=O) groups is 2. The molecule has 1 fully saturated rings. The number of halogens is 1. The molecule has 122 valence electrons. The maximum atomic E-state index is 13.1. The molecule has 1 unspecified atom stereocenters. The Bertz CT molecular complexity index is 772. The minimum absolute atomic E-state index is 0.203. The topological polar surface area (TPSA) is 40.6 Å². The first kappa shape index (κ1) is 15.9. The van der Waals surface area contributed by atoms with Crippen molar-refractivity contribution in [1.82, 2.24) is 4.90 Å². The van der Waals surface area contributed by atoms with Gasteiger partial charge in [0.2, 0.25) is 0 Å². The molecule has 0 aromatic heterocycles. The van der Waals surface area contributed by atoms with Crippen molar-refractivity contribution < 1.29 is 14.0 Å². The van der Waals surface area contributed by atoms with Gasteiger partial charge in [0, 0.05) is 12.2 Å². The molecule has 1 heterocycles. The zero-order valence-corrected chi connectivity index (χ0v) is 13.2. The molecule has 0 aliphatic carbocycles. The van der Waals surface area contributed by atoms with Gasteiger partial charge in [0.25, 0.3) is 5.91 Å². The molecule has 0 radical (unpaired) electrons. The van der Waals surface area contributed by atoms with Crippen molar-refractivity contribution in [1.29, 1.82) is 0 Å². The summed E-state index contributed by atoms with van der Waals surface area (Å²) in [6.07, 6.45) is 3.65. The average Bonchev–Trinajstić information content (AvgIpc) is 2.80. The van der Waals surface area contributed by atoms with Crippen LogP contribution in [0.2, 0.25) is 0 Å². The number of carbonyl (C=O) groups excluding carboxylic acids is 2. The van der Waals surface area contributed by atoms with Gasteiger partial charge in [0.05, 0.1) is 0 Å². The third-order valence-electron chi connectivity index (χ3n) is 3.95. The van der Waals surface area contributed by atoms with E-state index in [0.717, 1.165) is 5.56 Å². The molecule has 5 heteroatoms. The predicted octanol–water partition coefficient (Wildman–Crippen LogP) is 3.70. The number of urea groups is 1. The molecule has 1 saturated heterocycles. The van der Waals surface area contributed by atoms with Gasteiger partial charge < -0.3 is 0 Å². The summed E-state index contributed by atoms with van der Waals surface area (Å²) in [4.78, 5) is 27.5. The van der Waals surface area contributed by atoms with Crippen LogP contribution in [0.25, 0.3) is 6.08 Å². The minimum atomic E-state index is -0.604. The Kier molecular flexibility index (Phi) is 4.42. The van der Waals surface area contributed by atoms with E-state index in [0.29, 0.717) is 5.69 Å². The van der Waals surface area contributed by atoms with Crippen molar-refractivity contribution in [3.63, 3.8) is 0 Å². The smallest absolute Gasteiger partial charge is 0.282 e. The minimum Gasteiger partial charge on any atom is -0.282 e. The second-order valence-corrected chi connectivity index (χ2v) is 5.57. The van der Waals surface area contributed by atoms with E-state index in [1.165, 1.54) is 34.1 Å². The number of anilines is 1. The first-order chi connectivity index (χ1) is 11.6. The zero-order valence-electron chi connectivity index (χ0n) is 13.2. The highest BCUT2D eigenvalue weighted by Crippen LogP contribution is 2.25. The molecule has 1 aliphatic rings. The third kappa shape index (κ3) is 3.06. The van der Waals surface area contributed by atoms with E-state index in [1.807, 2.05) is 36.4 Å². The largest absolute Gasteiger partial charge is 0.332 e. The highest BCUT2D eigenvalue weighted by molar-refractivity contribution is 6.14. The fourth-order valence-electron chi connectivity index (χ4n) is 2.69. The molecule has 1 aliphatic heterocycles. The predicted molar refractivity (Wildman–Crippen MR) is 90.9 cm³/mol. The Hall–Kier alpha value is -2.95. The molecule has 0 spiro atoms. The van der Waals surface area contributed by atoms with Gasteiger partial charge >= 0.3 is 6.03 Å². The SMILES string of the molecule is CC1C(=O)N(C/C=C/c2ccccc2)C(=O)N1c1ccc(F)cc1. The molecular formula is C19H17FN2O2. The van der Waals surface area contributed by atoms with E-state index in [9.17, 15) is 14.0 Å². The summed E-state index contributed by atoms with van der Waals surface area (Å²) in [6.45, 7) is 1.87. The Morgan fingerprint density at radius 2 is 1.71 bits per heavy atom. The second-order valence-electron chi connectivity index (χ2n) is 5.57. The standard InChI is InChI=1S/C19H17FN2O2/c1-14-18(23)21(13-5-8-15-6-3-2-4-7-15)19(24)22(14)17-11-9-16(20)10-12-17/h2-12,14H,13H2,1H3/b8-5+. The summed E-state index contributed by atoms with van der Waals surface area (Å²) >= 11 is 0. The lowest BCUT2D eigenvalue weighted by Crippen LogP contribution is -2.33. The number of nitrogens with zero attached hydrogens (tertiary/aromatic N) is 2. The lowest BCUT2D eigenvalue weighted by Gasteiger charge is -2.19. The van der Waals surface area contributed by atoms with E-state index in [2.05, 4.69) is 0 Å². The van der Waals surface area contributed by atoms with Gasteiger partial charge in [-0.15, -0.1) is 0 Å². The molecule has 2 aromatic rings. The molecule has 0 N–H and O–H groups in total. The molecule has 2 aromatic carbocycles. The maximum Gasteiger partial charge on any atom is 0.332 e. The fourth-order valence-corrected chi connectivity index (χ4v) is 2.69.